The highest BCUT2D eigenvalue weighted by molar-refractivity contribution is 8.00. The van der Waals surface area contributed by atoms with E-state index in [2.05, 4.69) is 10.6 Å². The topological polar surface area (TPSA) is 93.7 Å². The summed E-state index contributed by atoms with van der Waals surface area (Å²) in [5.41, 5.74) is 0.450. The average Bonchev–Trinajstić information content (AvgIpc) is 2.69. The van der Waals surface area contributed by atoms with E-state index >= 15 is 0 Å². The molecule has 2 amide bonds. The number of para-hydroxylation sites is 1. The maximum Gasteiger partial charge on any atom is 0.340 e. The van der Waals surface area contributed by atoms with Crippen molar-refractivity contribution >= 4 is 35.2 Å². The maximum absolute atomic E-state index is 12.4. The molecule has 0 aromatic heterocycles. The molecule has 0 unspecified atom stereocenters. The molecule has 0 spiro atoms. The second kappa shape index (κ2) is 8.59. The normalized spacial score (nSPS) is 16.2. The van der Waals surface area contributed by atoms with Crippen molar-refractivity contribution in [3.8, 4) is 11.5 Å². The van der Waals surface area contributed by atoms with E-state index in [9.17, 15) is 14.4 Å². The molecule has 1 fully saturated rings. The second-order valence-electron chi connectivity index (χ2n) is 5.74. The number of hydrogen-bond acceptors (Lipinski definition) is 6. The molecule has 2 N–H and O–H groups in total. The molecule has 1 heterocycles. The second-order valence-corrected chi connectivity index (χ2v) is 6.77. The first-order chi connectivity index (χ1) is 13.1. The number of esters is 1. The average molecular weight is 386 g/mol. The third-order valence-electron chi connectivity index (χ3n) is 3.80. The van der Waals surface area contributed by atoms with Gasteiger partial charge in [0.15, 0.2) is 0 Å². The van der Waals surface area contributed by atoms with Crippen molar-refractivity contribution in [2.75, 3.05) is 23.9 Å². The zero-order valence-corrected chi connectivity index (χ0v) is 15.4. The number of amides is 2. The number of benzene rings is 2. The Hall–Kier alpha value is -3.00. The van der Waals surface area contributed by atoms with E-state index in [1.165, 1.54) is 24.9 Å². The van der Waals surface area contributed by atoms with Crippen LogP contribution in [0, 0.1) is 0 Å². The van der Waals surface area contributed by atoms with E-state index < -0.39 is 17.9 Å². The molecule has 1 aliphatic heterocycles. The molecule has 7 nitrogen and oxygen atoms in total. The molecule has 0 bridgehead atoms. The summed E-state index contributed by atoms with van der Waals surface area (Å²) in [4.78, 5) is 36.0. The minimum Gasteiger partial charge on any atom is -0.465 e. The zero-order valence-electron chi connectivity index (χ0n) is 14.6. The van der Waals surface area contributed by atoms with Crippen LogP contribution in [-0.2, 0) is 14.3 Å². The number of anilines is 1. The molecule has 2 aromatic carbocycles. The van der Waals surface area contributed by atoms with Crippen molar-refractivity contribution in [1.82, 2.24) is 5.32 Å². The molecule has 140 valence electrons. The minimum absolute atomic E-state index is 0.161. The Morgan fingerprint density at radius 2 is 1.93 bits per heavy atom. The van der Waals surface area contributed by atoms with Gasteiger partial charge in [-0.15, -0.1) is 11.8 Å². The summed E-state index contributed by atoms with van der Waals surface area (Å²) in [7, 11) is 1.26. The van der Waals surface area contributed by atoms with Crippen LogP contribution in [0.1, 0.15) is 10.4 Å². The van der Waals surface area contributed by atoms with E-state index in [0.717, 1.165) is 0 Å². The molecule has 2 aromatic rings. The summed E-state index contributed by atoms with van der Waals surface area (Å²) < 4.78 is 10.5. The molecule has 1 atom stereocenters. The Kier molecular flexibility index (Phi) is 5.97. The van der Waals surface area contributed by atoms with Crippen LogP contribution < -0.4 is 15.4 Å². The van der Waals surface area contributed by atoms with Gasteiger partial charge in [0.2, 0.25) is 11.8 Å². The van der Waals surface area contributed by atoms with Crippen molar-refractivity contribution in [1.29, 1.82) is 0 Å². The lowest BCUT2D eigenvalue weighted by atomic mass is 10.1. The van der Waals surface area contributed by atoms with Crippen molar-refractivity contribution in [2.24, 2.45) is 0 Å². The van der Waals surface area contributed by atoms with Gasteiger partial charge in [0, 0.05) is 5.75 Å². The zero-order chi connectivity index (χ0) is 19.2. The van der Waals surface area contributed by atoms with Gasteiger partial charge in [-0.3, -0.25) is 9.59 Å². The Morgan fingerprint density at radius 1 is 1.15 bits per heavy atom. The van der Waals surface area contributed by atoms with Crippen molar-refractivity contribution in [3.63, 3.8) is 0 Å². The highest BCUT2D eigenvalue weighted by Gasteiger charge is 2.26. The van der Waals surface area contributed by atoms with Crippen LogP contribution in [0.5, 0.6) is 11.5 Å². The third-order valence-corrected chi connectivity index (χ3v) is 4.84. The summed E-state index contributed by atoms with van der Waals surface area (Å²) in [6, 6.07) is 13.2. The summed E-state index contributed by atoms with van der Waals surface area (Å²) in [6.45, 7) is 0. The van der Waals surface area contributed by atoms with E-state index in [4.69, 9.17) is 9.47 Å². The van der Waals surface area contributed by atoms with Gasteiger partial charge in [0.05, 0.1) is 24.1 Å². The third kappa shape index (κ3) is 4.79. The van der Waals surface area contributed by atoms with Gasteiger partial charge >= 0.3 is 5.97 Å². The minimum atomic E-state index is -0.651. The SMILES string of the molecule is COC(=O)c1cc(Oc2ccccc2)ccc1NC(=O)[C@@H]1CSCC(=O)N1. The van der Waals surface area contributed by atoms with Gasteiger partial charge < -0.3 is 20.1 Å². The highest BCUT2D eigenvalue weighted by Crippen LogP contribution is 2.27. The van der Waals surface area contributed by atoms with Crippen LogP contribution in [0.15, 0.2) is 48.5 Å². The van der Waals surface area contributed by atoms with Gasteiger partial charge in [0.1, 0.15) is 17.5 Å². The molecular weight excluding hydrogens is 368 g/mol. The van der Waals surface area contributed by atoms with Crippen LogP contribution in [0.25, 0.3) is 0 Å². The fraction of sp³-hybridized carbons (Fsp3) is 0.211. The quantitative estimate of drug-likeness (QED) is 0.767. The summed E-state index contributed by atoms with van der Waals surface area (Å²) in [6.07, 6.45) is 0. The number of carbonyl (C=O) groups excluding carboxylic acids is 3. The lowest BCUT2D eigenvalue weighted by molar-refractivity contribution is -0.124. The van der Waals surface area contributed by atoms with Crippen LogP contribution in [-0.4, -0.2) is 42.4 Å². The standard InChI is InChI=1S/C19H18N2O5S/c1-25-19(24)14-9-13(26-12-5-3-2-4-6-12)7-8-15(14)21-18(23)16-10-27-11-17(22)20-16/h2-9,16H,10-11H2,1H3,(H,20,22)(H,21,23)/t16-/m0/s1. The number of rotatable bonds is 5. The Bertz CT molecular complexity index is 856. The van der Waals surface area contributed by atoms with E-state index in [1.807, 2.05) is 18.2 Å². The van der Waals surface area contributed by atoms with Crippen LogP contribution >= 0.6 is 11.8 Å². The van der Waals surface area contributed by atoms with Gasteiger partial charge in [0.25, 0.3) is 0 Å². The largest absolute Gasteiger partial charge is 0.465 e. The number of ether oxygens (including phenoxy) is 2. The van der Waals surface area contributed by atoms with Crippen molar-refractivity contribution in [2.45, 2.75) is 6.04 Å². The summed E-state index contributed by atoms with van der Waals surface area (Å²) >= 11 is 1.38. The van der Waals surface area contributed by atoms with Crippen LogP contribution in [0.2, 0.25) is 0 Å². The summed E-state index contributed by atoms with van der Waals surface area (Å²) in [5.74, 6) is 0.672. The van der Waals surface area contributed by atoms with Crippen molar-refractivity contribution in [3.05, 3.63) is 54.1 Å². The predicted molar refractivity (Wildman–Crippen MR) is 102 cm³/mol. The smallest absolute Gasteiger partial charge is 0.340 e. The lowest BCUT2D eigenvalue weighted by Crippen LogP contribution is -2.49. The Balaban J connectivity index is 1.80. The van der Waals surface area contributed by atoms with Crippen LogP contribution in [0.4, 0.5) is 5.69 Å². The van der Waals surface area contributed by atoms with E-state index in [-0.39, 0.29) is 17.2 Å². The van der Waals surface area contributed by atoms with Gasteiger partial charge in [-0.2, -0.15) is 0 Å². The lowest BCUT2D eigenvalue weighted by Gasteiger charge is -2.22. The van der Waals surface area contributed by atoms with Gasteiger partial charge in [-0.05, 0) is 30.3 Å². The Labute approximate surface area is 160 Å². The summed E-state index contributed by atoms with van der Waals surface area (Å²) in [5, 5.41) is 5.31. The molecular formula is C19H18N2O5S. The molecule has 0 aliphatic carbocycles. The fourth-order valence-electron chi connectivity index (χ4n) is 2.51. The first-order valence-corrected chi connectivity index (χ1v) is 9.35. The van der Waals surface area contributed by atoms with E-state index in [1.54, 1.807) is 24.3 Å². The van der Waals surface area contributed by atoms with Crippen LogP contribution in [0.3, 0.4) is 0 Å². The monoisotopic (exact) mass is 386 g/mol. The van der Waals surface area contributed by atoms with Crippen molar-refractivity contribution < 1.29 is 23.9 Å². The fourth-order valence-corrected chi connectivity index (χ4v) is 3.36. The predicted octanol–water partition coefficient (Wildman–Crippen LogP) is 2.44. The molecule has 0 saturated carbocycles. The highest BCUT2D eigenvalue weighted by atomic mass is 32.2. The molecule has 8 heteroatoms. The molecule has 3 rings (SSSR count). The molecule has 1 aliphatic rings. The maximum atomic E-state index is 12.4. The Morgan fingerprint density at radius 3 is 2.63 bits per heavy atom. The number of methoxy groups -OCH3 is 1. The molecule has 0 radical (unpaired) electrons. The number of carbonyl (C=O) groups is 3. The molecule has 1 saturated heterocycles. The van der Waals surface area contributed by atoms with E-state index in [0.29, 0.717) is 23.0 Å². The number of hydrogen-bond donors (Lipinski definition) is 2. The first-order valence-electron chi connectivity index (χ1n) is 8.20. The molecule has 27 heavy (non-hydrogen) atoms. The number of thioether (sulfide) groups is 1. The first kappa shape index (κ1) is 18.8. The number of nitrogens with one attached hydrogen (secondary N) is 2. The van der Waals surface area contributed by atoms with Gasteiger partial charge in [-0.1, -0.05) is 18.2 Å². The van der Waals surface area contributed by atoms with Gasteiger partial charge in [-0.25, -0.2) is 4.79 Å².